The third kappa shape index (κ3) is 3.05. The van der Waals surface area contributed by atoms with E-state index in [1.807, 2.05) is 18.2 Å². The summed E-state index contributed by atoms with van der Waals surface area (Å²) in [6.45, 7) is 3.96. The molecule has 2 aromatic rings. The average molecular weight is 263 g/mol. The van der Waals surface area contributed by atoms with E-state index in [2.05, 4.69) is 16.4 Å². The van der Waals surface area contributed by atoms with Gasteiger partial charge in [0, 0.05) is 13.0 Å². The number of rotatable bonds is 4. The normalized spacial score (nSPS) is 11.7. The van der Waals surface area contributed by atoms with Crippen LogP contribution in [0.1, 0.15) is 18.9 Å². The Balaban J connectivity index is 1.93. The predicted octanol–water partition coefficient (Wildman–Crippen LogP) is 1.69. The molecule has 1 amide bonds. The number of nitrogens with two attached hydrogens (primary N) is 1. The van der Waals surface area contributed by atoms with Crippen molar-refractivity contribution >= 4 is 27.5 Å². The minimum Gasteiger partial charge on any atom is -0.354 e. The molecule has 0 bridgehead atoms. The number of aromatic nitrogens is 1. The Morgan fingerprint density at radius 1 is 1.44 bits per heavy atom. The highest BCUT2D eigenvalue weighted by atomic mass is 32.1. The van der Waals surface area contributed by atoms with Gasteiger partial charge in [0.15, 0.2) is 0 Å². The molecule has 0 saturated carbocycles. The van der Waals surface area contributed by atoms with Crippen LogP contribution >= 0.6 is 11.3 Å². The van der Waals surface area contributed by atoms with Crippen molar-refractivity contribution in [3.05, 3.63) is 29.3 Å². The standard InChI is InChI=1S/C13H17N3OS/c1-13(2,14)12(17)15-8-7-11-16-9-5-3-4-6-10(9)18-11/h3-6H,7-8,14H2,1-2H3,(H,15,17). The Hall–Kier alpha value is -1.46. The van der Waals surface area contributed by atoms with E-state index in [0.717, 1.165) is 16.9 Å². The molecule has 0 spiro atoms. The third-order valence-electron chi connectivity index (χ3n) is 2.55. The van der Waals surface area contributed by atoms with Gasteiger partial charge in [-0.15, -0.1) is 11.3 Å². The summed E-state index contributed by atoms with van der Waals surface area (Å²) in [5, 5.41) is 3.85. The quantitative estimate of drug-likeness (QED) is 0.882. The average Bonchev–Trinajstić information content (AvgIpc) is 2.70. The number of para-hydroxylation sites is 1. The molecule has 0 radical (unpaired) electrons. The second-order valence-corrected chi connectivity index (χ2v) is 5.92. The van der Waals surface area contributed by atoms with Gasteiger partial charge in [-0.3, -0.25) is 4.79 Å². The number of carbonyl (C=O) groups is 1. The summed E-state index contributed by atoms with van der Waals surface area (Å²) in [5.41, 5.74) is 5.89. The molecule has 0 atom stereocenters. The molecule has 1 heterocycles. The summed E-state index contributed by atoms with van der Waals surface area (Å²) in [4.78, 5) is 16.1. The zero-order chi connectivity index (χ0) is 13.2. The van der Waals surface area contributed by atoms with E-state index in [4.69, 9.17) is 5.73 Å². The summed E-state index contributed by atoms with van der Waals surface area (Å²) >= 11 is 1.66. The molecule has 5 heteroatoms. The van der Waals surface area contributed by atoms with Crippen molar-refractivity contribution in [3.63, 3.8) is 0 Å². The Kier molecular flexibility index (Phi) is 3.63. The zero-order valence-corrected chi connectivity index (χ0v) is 11.4. The smallest absolute Gasteiger partial charge is 0.239 e. The van der Waals surface area contributed by atoms with Crippen LogP contribution in [-0.4, -0.2) is 23.0 Å². The number of fused-ring (bicyclic) bond motifs is 1. The van der Waals surface area contributed by atoms with Gasteiger partial charge in [-0.2, -0.15) is 0 Å². The first-order valence-corrected chi connectivity index (χ1v) is 6.70. The van der Waals surface area contributed by atoms with Gasteiger partial charge in [-0.1, -0.05) is 12.1 Å². The van der Waals surface area contributed by atoms with E-state index in [9.17, 15) is 4.79 Å². The predicted molar refractivity (Wildman–Crippen MR) is 74.6 cm³/mol. The van der Waals surface area contributed by atoms with E-state index in [1.54, 1.807) is 25.2 Å². The van der Waals surface area contributed by atoms with Crippen molar-refractivity contribution in [2.45, 2.75) is 25.8 Å². The van der Waals surface area contributed by atoms with Gasteiger partial charge in [0.1, 0.15) is 0 Å². The van der Waals surface area contributed by atoms with E-state index < -0.39 is 5.54 Å². The van der Waals surface area contributed by atoms with Crippen molar-refractivity contribution < 1.29 is 4.79 Å². The Bertz CT molecular complexity index is 524. The Labute approximate surface area is 110 Å². The van der Waals surface area contributed by atoms with E-state index in [1.165, 1.54) is 4.70 Å². The van der Waals surface area contributed by atoms with Gasteiger partial charge < -0.3 is 11.1 Å². The van der Waals surface area contributed by atoms with Crippen molar-refractivity contribution in [2.75, 3.05) is 6.54 Å². The van der Waals surface area contributed by atoms with E-state index >= 15 is 0 Å². The molecule has 96 valence electrons. The van der Waals surface area contributed by atoms with Crippen LogP contribution in [0.3, 0.4) is 0 Å². The maximum Gasteiger partial charge on any atom is 0.239 e. The second-order valence-electron chi connectivity index (χ2n) is 4.80. The number of hydrogen-bond donors (Lipinski definition) is 2. The lowest BCUT2D eigenvalue weighted by Crippen LogP contribution is -2.49. The number of thiazole rings is 1. The fourth-order valence-electron chi connectivity index (χ4n) is 1.54. The van der Waals surface area contributed by atoms with Crippen LogP contribution in [0.5, 0.6) is 0 Å². The zero-order valence-electron chi connectivity index (χ0n) is 10.6. The first kappa shape index (κ1) is 13.0. The molecule has 1 aromatic heterocycles. The van der Waals surface area contributed by atoms with Crippen LogP contribution in [0.2, 0.25) is 0 Å². The van der Waals surface area contributed by atoms with E-state index in [0.29, 0.717) is 6.54 Å². The van der Waals surface area contributed by atoms with Gasteiger partial charge in [0.25, 0.3) is 0 Å². The maximum atomic E-state index is 11.6. The number of nitrogens with zero attached hydrogens (tertiary/aromatic N) is 1. The molecule has 1 aromatic carbocycles. The fourth-order valence-corrected chi connectivity index (χ4v) is 2.50. The van der Waals surface area contributed by atoms with Gasteiger partial charge >= 0.3 is 0 Å². The molecule has 0 aliphatic heterocycles. The summed E-state index contributed by atoms with van der Waals surface area (Å²) in [6.07, 6.45) is 0.737. The highest BCUT2D eigenvalue weighted by molar-refractivity contribution is 7.18. The molecule has 0 aliphatic carbocycles. The SMILES string of the molecule is CC(C)(N)C(=O)NCCc1nc2ccccc2s1. The minimum absolute atomic E-state index is 0.136. The molecule has 3 N–H and O–H groups in total. The molecule has 4 nitrogen and oxygen atoms in total. The van der Waals surface area contributed by atoms with Crippen molar-refractivity contribution in [2.24, 2.45) is 5.73 Å². The first-order chi connectivity index (χ1) is 8.47. The lowest BCUT2D eigenvalue weighted by atomic mass is 10.1. The number of carbonyl (C=O) groups excluding carboxylic acids is 1. The van der Waals surface area contributed by atoms with Crippen LogP contribution in [0.4, 0.5) is 0 Å². The lowest BCUT2D eigenvalue weighted by Gasteiger charge is -2.17. The Morgan fingerprint density at radius 2 is 2.17 bits per heavy atom. The highest BCUT2D eigenvalue weighted by Crippen LogP contribution is 2.21. The summed E-state index contributed by atoms with van der Waals surface area (Å²) in [6, 6.07) is 8.03. The fraction of sp³-hybridized carbons (Fsp3) is 0.385. The van der Waals surface area contributed by atoms with Crippen molar-refractivity contribution in [1.29, 1.82) is 0 Å². The number of amides is 1. The van der Waals surface area contributed by atoms with E-state index in [-0.39, 0.29) is 5.91 Å². The van der Waals surface area contributed by atoms with Crippen LogP contribution in [-0.2, 0) is 11.2 Å². The largest absolute Gasteiger partial charge is 0.354 e. The third-order valence-corrected chi connectivity index (χ3v) is 3.64. The molecule has 0 aliphatic rings. The molecule has 0 fully saturated rings. The topological polar surface area (TPSA) is 68.0 Å². The van der Waals surface area contributed by atoms with Crippen molar-refractivity contribution in [3.8, 4) is 0 Å². The van der Waals surface area contributed by atoms with Crippen LogP contribution in [0.25, 0.3) is 10.2 Å². The highest BCUT2D eigenvalue weighted by Gasteiger charge is 2.20. The van der Waals surface area contributed by atoms with Gasteiger partial charge in [-0.05, 0) is 26.0 Å². The summed E-state index contributed by atoms with van der Waals surface area (Å²) < 4.78 is 1.18. The second kappa shape index (κ2) is 5.04. The molecular formula is C13H17N3OS. The molecule has 2 rings (SSSR count). The minimum atomic E-state index is -0.826. The van der Waals surface area contributed by atoms with Gasteiger partial charge in [-0.25, -0.2) is 4.98 Å². The molecular weight excluding hydrogens is 246 g/mol. The summed E-state index contributed by atoms with van der Waals surface area (Å²) in [5.74, 6) is -0.136. The lowest BCUT2D eigenvalue weighted by molar-refractivity contribution is -0.125. The molecule has 0 unspecified atom stereocenters. The van der Waals surface area contributed by atoms with Crippen LogP contribution in [0.15, 0.2) is 24.3 Å². The number of nitrogens with one attached hydrogen (secondary N) is 1. The van der Waals surface area contributed by atoms with Gasteiger partial charge in [0.05, 0.1) is 20.8 Å². The molecule has 0 saturated heterocycles. The van der Waals surface area contributed by atoms with Gasteiger partial charge in [0.2, 0.25) is 5.91 Å². The Morgan fingerprint density at radius 3 is 2.83 bits per heavy atom. The summed E-state index contributed by atoms with van der Waals surface area (Å²) in [7, 11) is 0. The number of hydrogen-bond acceptors (Lipinski definition) is 4. The monoisotopic (exact) mass is 263 g/mol. The van der Waals surface area contributed by atoms with Crippen molar-refractivity contribution in [1.82, 2.24) is 10.3 Å². The molecule has 18 heavy (non-hydrogen) atoms. The van der Waals surface area contributed by atoms with Crippen LogP contribution < -0.4 is 11.1 Å². The maximum absolute atomic E-state index is 11.6. The number of benzene rings is 1. The first-order valence-electron chi connectivity index (χ1n) is 5.88. The van der Waals surface area contributed by atoms with Crippen LogP contribution in [0, 0.1) is 0 Å².